The largest absolute Gasteiger partial charge is 0.504 e. The quantitative estimate of drug-likeness (QED) is 0.753. The molecule has 1 aromatic rings. The van der Waals surface area contributed by atoms with Crippen molar-refractivity contribution in [1.82, 2.24) is 4.90 Å². The minimum atomic E-state index is -0.819. The van der Waals surface area contributed by atoms with Gasteiger partial charge in [-0.15, -0.1) is 0 Å². The Morgan fingerprint density at radius 3 is 3.04 bits per heavy atom. The topological polar surface area (TPSA) is 62.2 Å². The smallest absolute Gasteiger partial charge is 0.165 e. The highest BCUT2D eigenvalue weighted by molar-refractivity contribution is 5.61. The lowest BCUT2D eigenvalue weighted by Crippen LogP contribution is -2.74. The number of likely N-dealkylation sites (N-methyl/N-ethyl adjacent to an activating group) is 1. The number of hydrogen-bond acceptors (Lipinski definition) is 5. The SMILES string of the molecule is CN1CCC23c4c5ccc(O)c4OC2COCCCC3(O)C1C5. The van der Waals surface area contributed by atoms with Gasteiger partial charge in [0.2, 0.25) is 0 Å². The molecule has 5 nitrogen and oxygen atoms in total. The van der Waals surface area contributed by atoms with Gasteiger partial charge in [-0.2, -0.15) is 0 Å². The zero-order valence-corrected chi connectivity index (χ0v) is 13.4. The van der Waals surface area contributed by atoms with Crippen LogP contribution in [0.15, 0.2) is 12.1 Å². The van der Waals surface area contributed by atoms with Crippen molar-refractivity contribution in [2.24, 2.45) is 0 Å². The van der Waals surface area contributed by atoms with E-state index in [4.69, 9.17) is 9.47 Å². The molecular weight excluding hydrogens is 294 g/mol. The third kappa shape index (κ3) is 1.49. The summed E-state index contributed by atoms with van der Waals surface area (Å²) in [7, 11) is 2.11. The number of phenols is 1. The van der Waals surface area contributed by atoms with Crippen molar-refractivity contribution in [2.75, 3.05) is 26.8 Å². The summed E-state index contributed by atoms with van der Waals surface area (Å²) in [5.41, 5.74) is 0.995. The van der Waals surface area contributed by atoms with E-state index in [1.54, 1.807) is 6.07 Å². The molecule has 1 aliphatic carbocycles. The van der Waals surface area contributed by atoms with Crippen LogP contribution in [0.25, 0.3) is 0 Å². The van der Waals surface area contributed by atoms with Crippen molar-refractivity contribution in [3.8, 4) is 11.5 Å². The highest BCUT2D eigenvalue weighted by Crippen LogP contribution is 2.63. The normalized spacial score (nSPS) is 41.7. The number of piperidine rings is 1. The van der Waals surface area contributed by atoms with E-state index in [0.717, 1.165) is 37.8 Å². The van der Waals surface area contributed by atoms with Crippen molar-refractivity contribution in [3.05, 3.63) is 23.3 Å². The molecule has 0 aromatic heterocycles. The number of ether oxygens (including phenoxy) is 2. The van der Waals surface area contributed by atoms with Crippen molar-refractivity contribution >= 4 is 0 Å². The molecule has 2 bridgehead atoms. The fourth-order valence-corrected chi connectivity index (χ4v) is 5.70. The number of aliphatic hydroxyl groups is 1. The summed E-state index contributed by atoms with van der Waals surface area (Å²) in [4.78, 5) is 2.30. The molecule has 124 valence electrons. The van der Waals surface area contributed by atoms with Crippen LogP contribution < -0.4 is 4.74 Å². The predicted molar refractivity (Wildman–Crippen MR) is 83.9 cm³/mol. The summed E-state index contributed by atoms with van der Waals surface area (Å²) in [6.07, 6.45) is 3.02. The molecule has 4 aliphatic rings. The highest BCUT2D eigenvalue weighted by atomic mass is 16.5. The van der Waals surface area contributed by atoms with Crippen molar-refractivity contribution in [1.29, 1.82) is 0 Å². The number of nitrogens with zero attached hydrogens (tertiary/aromatic N) is 1. The molecule has 2 N–H and O–H groups in total. The first-order valence-corrected chi connectivity index (χ1v) is 8.60. The fourth-order valence-electron chi connectivity index (χ4n) is 5.70. The molecule has 4 atom stereocenters. The van der Waals surface area contributed by atoms with Crippen molar-refractivity contribution < 1.29 is 19.7 Å². The van der Waals surface area contributed by atoms with Gasteiger partial charge in [-0.05, 0) is 50.9 Å². The van der Waals surface area contributed by atoms with E-state index in [1.807, 2.05) is 6.07 Å². The molecule has 5 heteroatoms. The standard InChI is InChI=1S/C18H23NO4/c1-19-7-6-17-14-10-22-8-2-5-18(17,21)13(19)9-11-3-4-12(20)16(23-14)15(11)17/h3-4,13-14,20-21H,2,5-10H2,1H3. The Bertz CT molecular complexity index is 677. The molecule has 2 saturated heterocycles. The van der Waals surface area contributed by atoms with Crippen LogP contribution in [0, 0.1) is 0 Å². The molecule has 2 fully saturated rings. The lowest BCUT2D eigenvalue weighted by molar-refractivity contribution is -0.182. The molecule has 1 spiro atoms. The molecule has 3 aliphatic heterocycles. The first-order chi connectivity index (χ1) is 11.1. The zero-order chi connectivity index (χ0) is 15.8. The molecule has 23 heavy (non-hydrogen) atoms. The van der Waals surface area contributed by atoms with Gasteiger partial charge in [0.1, 0.15) is 6.10 Å². The monoisotopic (exact) mass is 317 g/mol. The number of phenolic OH excluding ortho intramolecular Hbond substituents is 1. The van der Waals surface area contributed by atoms with Crippen molar-refractivity contribution in [3.63, 3.8) is 0 Å². The van der Waals surface area contributed by atoms with Gasteiger partial charge in [0, 0.05) is 18.2 Å². The van der Waals surface area contributed by atoms with E-state index in [2.05, 4.69) is 11.9 Å². The Kier molecular flexibility index (Phi) is 2.70. The number of likely N-dealkylation sites (tertiary alicyclic amines) is 1. The minimum Gasteiger partial charge on any atom is -0.504 e. The third-order valence-corrected chi connectivity index (χ3v) is 6.72. The lowest BCUT2D eigenvalue weighted by Gasteiger charge is -2.61. The van der Waals surface area contributed by atoms with Crippen LogP contribution in [0.3, 0.4) is 0 Å². The molecule has 1 aromatic carbocycles. The second kappa shape index (κ2) is 4.41. The Morgan fingerprint density at radius 1 is 1.30 bits per heavy atom. The molecule has 5 rings (SSSR count). The van der Waals surface area contributed by atoms with E-state index < -0.39 is 11.0 Å². The number of benzene rings is 1. The van der Waals surface area contributed by atoms with Crippen molar-refractivity contribution in [2.45, 2.75) is 48.8 Å². The van der Waals surface area contributed by atoms with Gasteiger partial charge in [-0.25, -0.2) is 0 Å². The molecule has 4 unspecified atom stereocenters. The van der Waals surface area contributed by atoms with E-state index >= 15 is 0 Å². The minimum absolute atomic E-state index is 0.100. The lowest BCUT2D eigenvalue weighted by atomic mass is 9.52. The number of rotatable bonds is 0. The number of aromatic hydroxyl groups is 1. The van der Waals surface area contributed by atoms with Gasteiger partial charge in [0.25, 0.3) is 0 Å². The van der Waals surface area contributed by atoms with Crippen LogP contribution >= 0.6 is 0 Å². The third-order valence-electron chi connectivity index (χ3n) is 6.72. The molecular formula is C18H23NO4. The summed E-state index contributed by atoms with van der Waals surface area (Å²) in [6.45, 7) is 2.07. The van der Waals surface area contributed by atoms with E-state index in [9.17, 15) is 10.2 Å². The predicted octanol–water partition coefficient (Wildman–Crippen LogP) is 1.19. The van der Waals surface area contributed by atoms with Crippen LogP contribution in [0.2, 0.25) is 0 Å². The van der Waals surface area contributed by atoms with Crippen LogP contribution in [0.4, 0.5) is 0 Å². The molecule has 0 amide bonds. The van der Waals surface area contributed by atoms with Gasteiger partial charge < -0.3 is 24.6 Å². The Morgan fingerprint density at radius 2 is 2.17 bits per heavy atom. The second-order valence-electron chi connectivity index (χ2n) is 7.58. The number of hydrogen-bond donors (Lipinski definition) is 2. The Hall–Kier alpha value is -1.30. The van der Waals surface area contributed by atoms with E-state index in [-0.39, 0.29) is 17.9 Å². The van der Waals surface area contributed by atoms with Gasteiger partial charge in [-0.3, -0.25) is 0 Å². The Labute approximate surface area is 135 Å². The van der Waals surface area contributed by atoms with Gasteiger partial charge in [0.15, 0.2) is 11.5 Å². The maximum absolute atomic E-state index is 11.9. The maximum atomic E-state index is 11.9. The van der Waals surface area contributed by atoms with Crippen LogP contribution in [-0.4, -0.2) is 59.7 Å². The summed E-state index contributed by atoms with van der Waals surface area (Å²) in [5.74, 6) is 0.768. The fraction of sp³-hybridized carbons (Fsp3) is 0.667. The van der Waals surface area contributed by atoms with Gasteiger partial charge in [0.05, 0.1) is 17.6 Å². The van der Waals surface area contributed by atoms with E-state index in [1.165, 1.54) is 5.56 Å². The van der Waals surface area contributed by atoms with E-state index in [0.29, 0.717) is 19.0 Å². The van der Waals surface area contributed by atoms with Crippen LogP contribution in [0.1, 0.15) is 30.4 Å². The first kappa shape index (κ1) is 14.1. The summed E-state index contributed by atoms with van der Waals surface area (Å²) >= 11 is 0. The van der Waals surface area contributed by atoms with Gasteiger partial charge >= 0.3 is 0 Å². The summed E-state index contributed by atoms with van der Waals surface area (Å²) in [5, 5.41) is 22.2. The molecule has 0 saturated carbocycles. The average Bonchev–Trinajstić information content (AvgIpc) is 2.84. The summed E-state index contributed by atoms with van der Waals surface area (Å²) < 4.78 is 12.0. The maximum Gasteiger partial charge on any atom is 0.165 e. The van der Waals surface area contributed by atoms with Crippen LogP contribution in [-0.2, 0) is 16.6 Å². The first-order valence-electron chi connectivity index (χ1n) is 8.60. The zero-order valence-electron chi connectivity index (χ0n) is 13.4. The van der Waals surface area contributed by atoms with Crippen LogP contribution in [0.5, 0.6) is 11.5 Å². The second-order valence-corrected chi connectivity index (χ2v) is 7.58. The van der Waals surface area contributed by atoms with Gasteiger partial charge in [-0.1, -0.05) is 6.07 Å². The Balaban J connectivity index is 1.82. The molecule has 3 heterocycles. The summed E-state index contributed by atoms with van der Waals surface area (Å²) in [6, 6.07) is 3.83. The average molecular weight is 317 g/mol. The molecule has 0 radical (unpaired) electrons. The highest BCUT2D eigenvalue weighted by Gasteiger charge is 2.69.